The van der Waals surface area contributed by atoms with E-state index in [1.165, 1.54) is 14.0 Å². The van der Waals surface area contributed by atoms with Crippen molar-refractivity contribution in [2.45, 2.75) is 71.5 Å². The van der Waals surface area contributed by atoms with Crippen LogP contribution in [0.15, 0.2) is 12.2 Å². The van der Waals surface area contributed by atoms with Crippen LogP contribution in [0.25, 0.3) is 0 Å². The molecule has 0 saturated heterocycles. The molecule has 0 heterocycles. The fraction of sp³-hybridized carbons (Fsp3) is 0.783. The van der Waals surface area contributed by atoms with Crippen molar-refractivity contribution in [1.29, 1.82) is 0 Å². The van der Waals surface area contributed by atoms with Gasteiger partial charge in [-0.15, -0.1) is 0 Å². The summed E-state index contributed by atoms with van der Waals surface area (Å²) in [6.07, 6.45) is 2.37. The Bertz CT molecular complexity index is 788. The number of carbonyl (C=O) groups excluding carboxylic acids is 3. The zero-order valence-electron chi connectivity index (χ0n) is 17.8. The minimum atomic E-state index is -0.877. The molecule has 1 spiro atoms. The van der Waals surface area contributed by atoms with Crippen molar-refractivity contribution >= 4 is 17.7 Å². The molecule has 4 aliphatic rings. The highest BCUT2D eigenvalue weighted by Gasteiger charge is 2.73. The average Bonchev–Trinajstić information content (AvgIpc) is 2.87. The second-order valence-corrected chi connectivity index (χ2v) is 10.1. The van der Waals surface area contributed by atoms with E-state index in [0.717, 1.165) is 12.8 Å². The van der Waals surface area contributed by atoms with Crippen molar-refractivity contribution in [1.82, 2.24) is 0 Å². The van der Waals surface area contributed by atoms with Crippen molar-refractivity contribution in [2.24, 2.45) is 34.0 Å². The number of hydrogen-bond acceptors (Lipinski definition) is 6. The summed E-state index contributed by atoms with van der Waals surface area (Å²) in [6, 6.07) is 0. The molecule has 0 aromatic rings. The molecule has 4 rings (SSSR count). The summed E-state index contributed by atoms with van der Waals surface area (Å²) in [5.41, 5.74) is -1.64. The van der Waals surface area contributed by atoms with Crippen LogP contribution in [0.2, 0.25) is 0 Å². The quantitative estimate of drug-likeness (QED) is 0.562. The van der Waals surface area contributed by atoms with Gasteiger partial charge >= 0.3 is 11.9 Å². The van der Waals surface area contributed by atoms with Gasteiger partial charge in [0, 0.05) is 12.3 Å². The van der Waals surface area contributed by atoms with Crippen LogP contribution in [0.3, 0.4) is 0 Å². The zero-order valence-corrected chi connectivity index (χ0v) is 17.8. The molecule has 0 aromatic carbocycles. The van der Waals surface area contributed by atoms with E-state index in [1.807, 2.05) is 6.92 Å². The molecular weight excluding hydrogens is 372 g/mol. The number of Topliss-reactive ketones (excluding diaryl/α,β-unsaturated/α-hetero) is 1. The molecule has 0 aliphatic heterocycles. The van der Waals surface area contributed by atoms with Crippen molar-refractivity contribution in [2.75, 3.05) is 7.11 Å². The van der Waals surface area contributed by atoms with Crippen LogP contribution < -0.4 is 0 Å². The highest BCUT2D eigenvalue weighted by molar-refractivity contribution is 6.03. The van der Waals surface area contributed by atoms with Gasteiger partial charge in [-0.05, 0) is 68.8 Å². The second kappa shape index (κ2) is 6.40. The number of aliphatic hydroxyl groups excluding tert-OH is 1. The Balaban J connectivity index is 1.88. The fourth-order valence-corrected chi connectivity index (χ4v) is 7.80. The largest absolute Gasteiger partial charge is 0.469 e. The van der Waals surface area contributed by atoms with E-state index in [9.17, 15) is 19.5 Å². The van der Waals surface area contributed by atoms with Crippen molar-refractivity contribution in [3.8, 4) is 0 Å². The SMILES string of the molecule is C=C1C(=O)[C@]23C[C@H]1CC[C@H]2[C@]1(C)[C@@H](OC(C)=O)CC[C@@](C)(C(=O)OC)[C@H]1C[C@@H]3O. The third-order valence-electron chi connectivity index (χ3n) is 9.12. The monoisotopic (exact) mass is 404 g/mol. The Morgan fingerprint density at radius 1 is 1.17 bits per heavy atom. The lowest BCUT2D eigenvalue weighted by molar-refractivity contribution is -0.241. The Morgan fingerprint density at radius 2 is 1.86 bits per heavy atom. The van der Waals surface area contributed by atoms with Gasteiger partial charge in [-0.3, -0.25) is 14.4 Å². The second-order valence-electron chi connectivity index (χ2n) is 10.1. The molecule has 8 atom stereocenters. The van der Waals surface area contributed by atoms with Gasteiger partial charge in [0.2, 0.25) is 0 Å². The Morgan fingerprint density at radius 3 is 2.48 bits per heavy atom. The summed E-state index contributed by atoms with van der Waals surface area (Å²) in [5.74, 6) is -0.966. The van der Waals surface area contributed by atoms with Gasteiger partial charge in [0.05, 0.1) is 24.0 Å². The molecule has 0 radical (unpaired) electrons. The van der Waals surface area contributed by atoms with Crippen molar-refractivity contribution in [3.05, 3.63) is 12.2 Å². The smallest absolute Gasteiger partial charge is 0.311 e. The summed E-state index contributed by atoms with van der Waals surface area (Å²) in [7, 11) is 1.39. The maximum absolute atomic E-state index is 13.4. The van der Waals surface area contributed by atoms with Crippen LogP contribution in [0.1, 0.15) is 59.3 Å². The molecule has 0 amide bonds. The third-order valence-corrected chi connectivity index (χ3v) is 9.12. The summed E-state index contributed by atoms with van der Waals surface area (Å²) >= 11 is 0. The van der Waals surface area contributed by atoms with Crippen LogP contribution >= 0.6 is 0 Å². The molecule has 1 N–H and O–H groups in total. The van der Waals surface area contributed by atoms with Gasteiger partial charge < -0.3 is 14.6 Å². The first kappa shape index (κ1) is 20.6. The van der Waals surface area contributed by atoms with Crippen molar-refractivity contribution in [3.63, 3.8) is 0 Å². The normalized spacial score (nSPS) is 48.5. The van der Waals surface area contributed by atoms with E-state index < -0.39 is 28.5 Å². The van der Waals surface area contributed by atoms with Gasteiger partial charge in [-0.2, -0.15) is 0 Å². The molecule has 0 aromatic heterocycles. The molecule has 4 fully saturated rings. The number of hydrogen-bond donors (Lipinski definition) is 1. The standard InChI is InChI=1S/C23H32O6/c1-12-14-6-7-15-22(4)16(10-17(25)23(15,11-14)19(12)26)21(3,20(27)28-5)9-8-18(22)29-13(2)24/h14-18,25H,1,6-11H2,2-5H3/t14-,15+,16-,17+,18+,21-,22+,23-/m1/s1. The van der Waals surface area contributed by atoms with Gasteiger partial charge in [0.15, 0.2) is 5.78 Å². The fourth-order valence-electron chi connectivity index (χ4n) is 7.80. The molecule has 29 heavy (non-hydrogen) atoms. The number of rotatable bonds is 2. The van der Waals surface area contributed by atoms with E-state index in [0.29, 0.717) is 31.3 Å². The van der Waals surface area contributed by atoms with E-state index >= 15 is 0 Å². The van der Waals surface area contributed by atoms with Gasteiger partial charge in [-0.1, -0.05) is 13.5 Å². The maximum Gasteiger partial charge on any atom is 0.311 e. The minimum Gasteiger partial charge on any atom is -0.469 e. The highest BCUT2D eigenvalue weighted by Crippen LogP contribution is 2.71. The number of methoxy groups -OCH3 is 1. The van der Waals surface area contributed by atoms with E-state index in [2.05, 4.69) is 13.5 Å². The highest BCUT2D eigenvalue weighted by atomic mass is 16.5. The first-order valence-corrected chi connectivity index (χ1v) is 10.7. The lowest BCUT2D eigenvalue weighted by atomic mass is 9.39. The lowest BCUT2D eigenvalue weighted by Gasteiger charge is -2.65. The van der Waals surface area contributed by atoms with Crippen LogP contribution in [0.4, 0.5) is 0 Å². The van der Waals surface area contributed by atoms with Crippen molar-refractivity contribution < 1.29 is 29.0 Å². The number of aliphatic hydroxyl groups is 1. The minimum absolute atomic E-state index is 0.0240. The van der Waals surface area contributed by atoms with Crippen LogP contribution in [-0.4, -0.2) is 42.1 Å². The lowest BCUT2D eigenvalue weighted by Crippen LogP contribution is -2.68. The third kappa shape index (κ3) is 2.41. The number of esters is 2. The first-order valence-electron chi connectivity index (χ1n) is 10.7. The number of ketones is 1. The molecule has 0 unspecified atom stereocenters. The molecular formula is C23H32O6. The van der Waals surface area contributed by atoms with E-state index in [4.69, 9.17) is 9.47 Å². The van der Waals surface area contributed by atoms with Crippen LogP contribution in [0.5, 0.6) is 0 Å². The predicted octanol–water partition coefficient (Wildman–Crippen LogP) is 2.82. The van der Waals surface area contributed by atoms with E-state index in [1.54, 1.807) is 0 Å². The first-order chi connectivity index (χ1) is 13.5. The molecule has 2 bridgehead atoms. The molecule has 6 heteroatoms. The van der Waals surface area contributed by atoms with Crippen LogP contribution in [-0.2, 0) is 23.9 Å². The number of fused-ring (bicyclic) bond motifs is 3. The summed E-state index contributed by atoms with van der Waals surface area (Å²) in [4.78, 5) is 38.2. The van der Waals surface area contributed by atoms with Gasteiger partial charge in [0.1, 0.15) is 6.10 Å². The Hall–Kier alpha value is -1.69. The predicted molar refractivity (Wildman–Crippen MR) is 105 cm³/mol. The maximum atomic E-state index is 13.4. The molecule has 4 saturated carbocycles. The number of carbonyl (C=O) groups is 3. The van der Waals surface area contributed by atoms with Crippen LogP contribution in [0, 0.1) is 34.0 Å². The number of ether oxygens (including phenoxy) is 2. The van der Waals surface area contributed by atoms with Gasteiger partial charge in [0.25, 0.3) is 0 Å². The molecule has 4 aliphatic carbocycles. The topological polar surface area (TPSA) is 89.9 Å². The summed E-state index contributed by atoms with van der Waals surface area (Å²) in [6.45, 7) is 9.41. The van der Waals surface area contributed by atoms with Gasteiger partial charge in [-0.25, -0.2) is 0 Å². The summed E-state index contributed by atoms with van der Waals surface area (Å²) in [5, 5.41) is 11.4. The zero-order chi connectivity index (χ0) is 21.4. The Kier molecular flexibility index (Phi) is 4.54. The van der Waals surface area contributed by atoms with E-state index in [-0.39, 0.29) is 35.5 Å². The Labute approximate surface area is 172 Å². The molecule has 160 valence electrons. The number of allylic oxidation sites excluding steroid dienone is 1. The molecule has 6 nitrogen and oxygen atoms in total. The summed E-state index contributed by atoms with van der Waals surface area (Å²) < 4.78 is 11.0. The average molecular weight is 405 g/mol.